The van der Waals surface area contributed by atoms with Gasteiger partial charge in [0.25, 0.3) is 0 Å². The number of hydrogen-bond donors (Lipinski definition) is 2. The molecule has 0 spiro atoms. The lowest BCUT2D eigenvalue weighted by Crippen LogP contribution is -2.26. The summed E-state index contributed by atoms with van der Waals surface area (Å²) >= 11 is 0. The summed E-state index contributed by atoms with van der Waals surface area (Å²) in [7, 11) is 0. The maximum absolute atomic E-state index is 3.44. The topological polar surface area (TPSA) is 24.1 Å². The Balaban J connectivity index is 1.98. The minimum absolute atomic E-state index is 0.596. The first kappa shape index (κ1) is 12.2. The Kier molecular flexibility index (Phi) is 6.05. The minimum Gasteiger partial charge on any atom is -0.314 e. The molecule has 0 unspecified atom stereocenters. The normalized spacial score (nSPS) is 10.9. The molecule has 0 amide bonds. The van der Waals surface area contributed by atoms with E-state index in [1.165, 1.54) is 12.0 Å². The standard InChI is InChI=1S/C13H22N2/c1-12(2)15-10-6-9-14-11-13-7-4-3-5-8-13/h3-5,7-8,12,14-15H,6,9-11H2,1-2H3. The largest absolute Gasteiger partial charge is 0.314 e. The van der Waals surface area contributed by atoms with Crippen molar-refractivity contribution in [2.75, 3.05) is 13.1 Å². The van der Waals surface area contributed by atoms with Gasteiger partial charge in [-0.2, -0.15) is 0 Å². The molecule has 84 valence electrons. The summed E-state index contributed by atoms with van der Waals surface area (Å²) in [4.78, 5) is 0. The average Bonchev–Trinajstić information content (AvgIpc) is 2.24. The first-order valence-electron chi connectivity index (χ1n) is 5.77. The molecule has 0 saturated heterocycles. The molecule has 0 atom stereocenters. The monoisotopic (exact) mass is 206 g/mol. The zero-order chi connectivity index (χ0) is 10.9. The Hall–Kier alpha value is -0.860. The van der Waals surface area contributed by atoms with Crippen molar-refractivity contribution in [3.05, 3.63) is 35.9 Å². The second kappa shape index (κ2) is 7.43. The van der Waals surface area contributed by atoms with E-state index in [2.05, 4.69) is 54.8 Å². The fourth-order valence-corrected chi connectivity index (χ4v) is 1.43. The van der Waals surface area contributed by atoms with Crippen LogP contribution in [-0.4, -0.2) is 19.1 Å². The summed E-state index contributed by atoms with van der Waals surface area (Å²) in [5.74, 6) is 0. The molecule has 0 saturated carbocycles. The molecule has 0 heterocycles. The van der Waals surface area contributed by atoms with Crippen molar-refractivity contribution >= 4 is 0 Å². The van der Waals surface area contributed by atoms with Crippen LogP contribution in [0.2, 0.25) is 0 Å². The number of hydrogen-bond acceptors (Lipinski definition) is 2. The SMILES string of the molecule is CC(C)NCCCNCc1ccccc1. The third-order valence-corrected chi connectivity index (χ3v) is 2.25. The summed E-state index contributed by atoms with van der Waals surface area (Å²) in [5.41, 5.74) is 1.36. The minimum atomic E-state index is 0.596. The van der Waals surface area contributed by atoms with Gasteiger partial charge in [0.1, 0.15) is 0 Å². The van der Waals surface area contributed by atoms with Gasteiger partial charge in [0.05, 0.1) is 0 Å². The predicted octanol–water partition coefficient (Wildman–Crippen LogP) is 2.16. The van der Waals surface area contributed by atoms with Gasteiger partial charge in [-0.3, -0.25) is 0 Å². The predicted molar refractivity (Wildman–Crippen MR) is 65.9 cm³/mol. The summed E-state index contributed by atoms with van der Waals surface area (Å²) < 4.78 is 0. The highest BCUT2D eigenvalue weighted by Gasteiger charge is 1.92. The second-order valence-electron chi connectivity index (χ2n) is 4.12. The van der Waals surface area contributed by atoms with Crippen LogP contribution < -0.4 is 10.6 Å². The van der Waals surface area contributed by atoms with Gasteiger partial charge >= 0.3 is 0 Å². The van der Waals surface area contributed by atoms with E-state index in [-0.39, 0.29) is 0 Å². The number of rotatable bonds is 7. The zero-order valence-electron chi connectivity index (χ0n) is 9.79. The van der Waals surface area contributed by atoms with E-state index in [4.69, 9.17) is 0 Å². The van der Waals surface area contributed by atoms with Crippen LogP contribution >= 0.6 is 0 Å². The van der Waals surface area contributed by atoms with Crippen molar-refractivity contribution in [2.45, 2.75) is 32.9 Å². The molecule has 0 aliphatic carbocycles. The van der Waals surface area contributed by atoms with Crippen molar-refractivity contribution in [1.29, 1.82) is 0 Å². The van der Waals surface area contributed by atoms with E-state index < -0.39 is 0 Å². The van der Waals surface area contributed by atoms with Gasteiger partial charge in [-0.25, -0.2) is 0 Å². The molecule has 0 radical (unpaired) electrons. The molecule has 0 fully saturated rings. The highest BCUT2D eigenvalue weighted by molar-refractivity contribution is 5.14. The van der Waals surface area contributed by atoms with Crippen LogP contribution in [0.15, 0.2) is 30.3 Å². The Morgan fingerprint density at radius 2 is 1.80 bits per heavy atom. The summed E-state index contributed by atoms with van der Waals surface area (Å²) in [6, 6.07) is 11.1. The molecule has 1 aromatic carbocycles. The maximum Gasteiger partial charge on any atom is 0.0205 e. The number of benzene rings is 1. The van der Waals surface area contributed by atoms with Crippen LogP contribution in [0.5, 0.6) is 0 Å². The first-order valence-corrected chi connectivity index (χ1v) is 5.77. The summed E-state index contributed by atoms with van der Waals surface area (Å²) in [6.45, 7) is 7.51. The molecule has 15 heavy (non-hydrogen) atoms. The Labute approximate surface area is 93.1 Å². The zero-order valence-corrected chi connectivity index (χ0v) is 9.79. The molecule has 2 nitrogen and oxygen atoms in total. The van der Waals surface area contributed by atoms with Gasteiger partial charge < -0.3 is 10.6 Å². The lowest BCUT2D eigenvalue weighted by Gasteiger charge is -2.08. The van der Waals surface area contributed by atoms with Gasteiger partial charge in [-0.1, -0.05) is 44.2 Å². The summed E-state index contributed by atoms with van der Waals surface area (Å²) in [5, 5.41) is 6.84. The molecule has 0 bridgehead atoms. The molecule has 1 rings (SSSR count). The second-order valence-corrected chi connectivity index (χ2v) is 4.12. The van der Waals surface area contributed by atoms with Crippen molar-refractivity contribution in [3.8, 4) is 0 Å². The molecular weight excluding hydrogens is 184 g/mol. The first-order chi connectivity index (χ1) is 7.29. The molecule has 0 aliphatic rings. The fraction of sp³-hybridized carbons (Fsp3) is 0.538. The molecule has 1 aromatic rings. The molecule has 2 N–H and O–H groups in total. The average molecular weight is 206 g/mol. The molecule has 0 aliphatic heterocycles. The van der Waals surface area contributed by atoms with Crippen molar-refractivity contribution in [1.82, 2.24) is 10.6 Å². The lowest BCUT2D eigenvalue weighted by atomic mass is 10.2. The van der Waals surface area contributed by atoms with Crippen LogP contribution in [0.25, 0.3) is 0 Å². The van der Waals surface area contributed by atoms with Gasteiger partial charge in [0, 0.05) is 12.6 Å². The van der Waals surface area contributed by atoms with E-state index >= 15 is 0 Å². The molecule has 2 heteroatoms. The fourth-order valence-electron chi connectivity index (χ4n) is 1.43. The van der Waals surface area contributed by atoms with E-state index in [1.807, 2.05) is 0 Å². The van der Waals surface area contributed by atoms with Crippen LogP contribution in [0, 0.1) is 0 Å². The van der Waals surface area contributed by atoms with E-state index in [1.54, 1.807) is 0 Å². The Morgan fingerprint density at radius 1 is 1.07 bits per heavy atom. The highest BCUT2D eigenvalue weighted by Crippen LogP contribution is 1.96. The van der Waals surface area contributed by atoms with Crippen LogP contribution in [-0.2, 0) is 6.54 Å². The van der Waals surface area contributed by atoms with Crippen LogP contribution in [0.3, 0.4) is 0 Å². The quantitative estimate of drug-likeness (QED) is 0.668. The third kappa shape index (κ3) is 6.26. The smallest absolute Gasteiger partial charge is 0.0205 e. The maximum atomic E-state index is 3.44. The molecular formula is C13H22N2. The van der Waals surface area contributed by atoms with Gasteiger partial charge in [0.2, 0.25) is 0 Å². The van der Waals surface area contributed by atoms with E-state index in [0.717, 1.165) is 19.6 Å². The van der Waals surface area contributed by atoms with Gasteiger partial charge in [-0.15, -0.1) is 0 Å². The van der Waals surface area contributed by atoms with Crippen molar-refractivity contribution < 1.29 is 0 Å². The van der Waals surface area contributed by atoms with Gasteiger partial charge in [0.15, 0.2) is 0 Å². The van der Waals surface area contributed by atoms with E-state index in [9.17, 15) is 0 Å². The summed E-state index contributed by atoms with van der Waals surface area (Å²) in [6.07, 6.45) is 1.19. The van der Waals surface area contributed by atoms with Crippen molar-refractivity contribution in [2.24, 2.45) is 0 Å². The van der Waals surface area contributed by atoms with Crippen LogP contribution in [0.4, 0.5) is 0 Å². The Bertz CT molecular complexity index is 244. The van der Waals surface area contributed by atoms with Crippen LogP contribution in [0.1, 0.15) is 25.8 Å². The molecule has 0 aromatic heterocycles. The van der Waals surface area contributed by atoms with Gasteiger partial charge in [-0.05, 0) is 25.1 Å². The lowest BCUT2D eigenvalue weighted by molar-refractivity contribution is 0.547. The van der Waals surface area contributed by atoms with Crippen molar-refractivity contribution in [3.63, 3.8) is 0 Å². The van der Waals surface area contributed by atoms with E-state index in [0.29, 0.717) is 6.04 Å². The highest BCUT2D eigenvalue weighted by atomic mass is 14.9. The number of nitrogens with one attached hydrogen (secondary N) is 2. The Morgan fingerprint density at radius 3 is 2.47 bits per heavy atom. The third-order valence-electron chi connectivity index (χ3n) is 2.25.